The molecule has 2 aromatic carbocycles. The first-order chi connectivity index (χ1) is 13.6. The lowest BCUT2D eigenvalue weighted by molar-refractivity contribution is -0.116. The molecule has 0 radical (unpaired) electrons. The standard InChI is InChI=1S/C19H22N4O5S/c1-13(24)20-15-7-9-18(10-8-15)29(27,28)23(3)12-19(26)22-17-6-4-5-16(11-17)21-14(2)25/h4-11H,12H2,1-3H3,(H,20,24)(H,21,25)(H,22,26). The normalized spacial score (nSPS) is 11.0. The van der Waals surface area contributed by atoms with E-state index in [-0.39, 0.29) is 16.7 Å². The Kier molecular flexibility index (Phi) is 7.08. The highest BCUT2D eigenvalue weighted by molar-refractivity contribution is 7.89. The number of rotatable bonds is 7. The quantitative estimate of drug-likeness (QED) is 0.633. The number of likely N-dealkylation sites (N-methyl/N-ethyl adjacent to an activating group) is 1. The number of carbonyl (C=O) groups excluding carboxylic acids is 3. The van der Waals surface area contributed by atoms with Gasteiger partial charge in [0.15, 0.2) is 0 Å². The molecule has 2 rings (SSSR count). The lowest BCUT2D eigenvalue weighted by Crippen LogP contribution is -2.35. The predicted molar refractivity (Wildman–Crippen MR) is 110 cm³/mol. The third-order valence-corrected chi connectivity index (χ3v) is 5.53. The maximum Gasteiger partial charge on any atom is 0.243 e. The van der Waals surface area contributed by atoms with Gasteiger partial charge in [0.05, 0.1) is 11.4 Å². The maximum absolute atomic E-state index is 12.6. The molecule has 29 heavy (non-hydrogen) atoms. The van der Waals surface area contributed by atoms with Crippen LogP contribution in [0.5, 0.6) is 0 Å². The molecule has 0 heterocycles. The molecule has 0 aliphatic heterocycles. The molecule has 0 bridgehead atoms. The fraction of sp³-hybridized carbons (Fsp3) is 0.211. The fourth-order valence-corrected chi connectivity index (χ4v) is 3.59. The van der Waals surface area contributed by atoms with E-state index in [1.54, 1.807) is 24.3 Å². The molecule has 3 amide bonds. The van der Waals surface area contributed by atoms with E-state index in [0.717, 1.165) is 4.31 Å². The van der Waals surface area contributed by atoms with Crippen LogP contribution >= 0.6 is 0 Å². The zero-order valence-corrected chi connectivity index (χ0v) is 17.0. The Balaban J connectivity index is 2.04. The van der Waals surface area contributed by atoms with Gasteiger partial charge in [-0.3, -0.25) is 14.4 Å². The van der Waals surface area contributed by atoms with Crippen molar-refractivity contribution in [2.24, 2.45) is 0 Å². The van der Waals surface area contributed by atoms with Crippen molar-refractivity contribution in [1.29, 1.82) is 0 Å². The summed E-state index contributed by atoms with van der Waals surface area (Å²) >= 11 is 0. The Bertz CT molecular complexity index is 1020. The molecule has 0 fully saturated rings. The van der Waals surface area contributed by atoms with E-state index in [0.29, 0.717) is 17.1 Å². The lowest BCUT2D eigenvalue weighted by Gasteiger charge is -2.17. The predicted octanol–water partition coefficient (Wildman–Crippen LogP) is 1.86. The molecule has 0 atom stereocenters. The van der Waals surface area contributed by atoms with Gasteiger partial charge in [-0.05, 0) is 42.5 Å². The smallest absolute Gasteiger partial charge is 0.243 e. The van der Waals surface area contributed by atoms with Gasteiger partial charge in [0.1, 0.15) is 0 Å². The second kappa shape index (κ2) is 9.30. The van der Waals surface area contributed by atoms with Crippen LogP contribution in [0.3, 0.4) is 0 Å². The van der Waals surface area contributed by atoms with Crippen LogP contribution < -0.4 is 16.0 Å². The SMILES string of the molecule is CC(=O)Nc1ccc(S(=O)(=O)N(C)CC(=O)Nc2cccc(NC(C)=O)c2)cc1. The molecule has 2 aromatic rings. The lowest BCUT2D eigenvalue weighted by atomic mass is 10.2. The molecule has 10 heteroatoms. The highest BCUT2D eigenvalue weighted by Gasteiger charge is 2.23. The topological polar surface area (TPSA) is 125 Å². The van der Waals surface area contributed by atoms with Crippen molar-refractivity contribution in [3.05, 3.63) is 48.5 Å². The zero-order chi connectivity index (χ0) is 21.6. The Morgan fingerprint density at radius 1 is 0.828 bits per heavy atom. The number of hydrogen-bond donors (Lipinski definition) is 3. The monoisotopic (exact) mass is 418 g/mol. The summed E-state index contributed by atoms with van der Waals surface area (Å²) < 4.78 is 26.2. The van der Waals surface area contributed by atoms with Crippen LogP contribution in [0, 0.1) is 0 Å². The molecule has 0 spiro atoms. The molecule has 0 aliphatic carbocycles. The van der Waals surface area contributed by atoms with Gasteiger partial charge in [-0.15, -0.1) is 0 Å². The largest absolute Gasteiger partial charge is 0.326 e. The molecular weight excluding hydrogens is 396 g/mol. The second-order valence-electron chi connectivity index (χ2n) is 6.28. The minimum absolute atomic E-state index is 0.00504. The minimum atomic E-state index is -3.89. The molecule has 0 aliphatic rings. The summed E-state index contributed by atoms with van der Waals surface area (Å²) in [5.41, 5.74) is 1.40. The van der Waals surface area contributed by atoms with Crippen LogP contribution in [0.4, 0.5) is 17.1 Å². The molecular formula is C19H22N4O5S. The van der Waals surface area contributed by atoms with Crippen molar-refractivity contribution in [2.75, 3.05) is 29.5 Å². The van der Waals surface area contributed by atoms with Gasteiger partial charge in [-0.2, -0.15) is 4.31 Å². The van der Waals surface area contributed by atoms with Gasteiger partial charge < -0.3 is 16.0 Å². The second-order valence-corrected chi connectivity index (χ2v) is 8.32. The fourth-order valence-electron chi connectivity index (χ4n) is 2.46. The number of amides is 3. The van der Waals surface area contributed by atoms with Crippen molar-refractivity contribution in [3.8, 4) is 0 Å². The third kappa shape index (κ3) is 6.40. The number of nitrogens with one attached hydrogen (secondary N) is 3. The number of nitrogens with zero attached hydrogens (tertiary/aromatic N) is 1. The summed E-state index contributed by atoms with van der Waals surface area (Å²) in [4.78, 5) is 34.4. The molecule has 0 saturated heterocycles. The van der Waals surface area contributed by atoms with Crippen LogP contribution in [0.25, 0.3) is 0 Å². The average molecular weight is 418 g/mol. The Morgan fingerprint density at radius 3 is 1.90 bits per heavy atom. The van der Waals surface area contributed by atoms with Gasteiger partial charge in [0.2, 0.25) is 27.7 Å². The van der Waals surface area contributed by atoms with Crippen LogP contribution in [0.15, 0.2) is 53.4 Å². The first-order valence-corrected chi connectivity index (χ1v) is 10.0. The number of hydrogen-bond acceptors (Lipinski definition) is 5. The zero-order valence-electron chi connectivity index (χ0n) is 16.2. The first-order valence-electron chi connectivity index (χ1n) is 8.59. The highest BCUT2D eigenvalue weighted by Crippen LogP contribution is 2.18. The maximum atomic E-state index is 12.6. The summed E-state index contributed by atoms with van der Waals surface area (Å²) in [5, 5.41) is 7.75. The van der Waals surface area contributed by atoms with Crippen LogP contribution in [0.1, 0.15) is 13.8 Å². The molecule has 0 saturated carbocycles. The Morgan fingerprint density at radius 2 is 1.34 bits per heavy atom. The van der Waals surface area contributed by atoms with Gasteiger partial charge in [-0.25, -0.2) is 8.42 Å². The first kappa shape index (κ1) is 22.1. The molecule has 0 unspecified atom stereocenters. The summed E-state index contributed by atoms with van der Waals surface area (Å²) in [7, 11) is -2.60. The summed E-state index contributed by atoms with van der Waals surface area (Å²) in [6.07, 6.45) is 0. The highest BCUT2D eigenvalue weighted by atomic mass is 32.2. The van der Waals surface area contributed by atoms with E-state index in [1.165, 1.54) is 45.2 Å². The average Bonchev–Trinajstić information content (AvgIpc) is 2.61. The van der Waals surface area contributed by atoms with E-state index in [9.17, 15) is 22.8 Å². The summed E-state index contributed by atoms with van der Waals surface area (Å²) in [6.45, 7) is 2.32. The van der Waals surface area contributed by atoms with Gasteiger partial charge in [0, 0.05) is 38.0 Å². The molecule has 3 N–H and O–H groups in total. The Labute approximate surface area is 169 Å². The number of sulfonamides is 1. The molecule has 0 aromatic heterocycles. The van der Waals surface area contributed by atoms with E-state index in [1.807, 2.05) is 0 Å². The van der Waals surface area contributed by atoms with Gasteiger partial charge in [0.25, 0.3) is 0 Å². The van der Waals surface area contributed by atoms with E-state index in [4.69, 9.17) is 0 Å². The third-order valence-electron chi connectivity index (χ3n) is 3.72. The van der Waals surface area contributed by atoms with Crippen LogP contribution in [-0.4, -0.2) is 44.0 Å². The van der Waals surface area contributed by atoms with Gasteiger partial charge >= 0.3 is 0 Å². The van der Waals surface area contributed by atoms with Crippen molar-refractivity contribution in [2.45, 2.75) is 18.7 Å². The van der Waals surface area contributed by atoms with Crippen LogP contribution in [0.2, 0.25) is 0 Å². The van der Waals surface area contributed by atoms with E-state index in [2.05, 4.69) is 16.0 Å². The number of carbonyl (C=O) groups is 3. The van der Waals surface area contributed by atoms with Crippen molar-refractivity contribution < 1.29 is 22.8 Å². The summed E-state index contributed by atoms with van der Waals surface area (Å²) in [6, 6.07) is 12.1. The van der Waals surface area contributed by atoms with Crippen LogP contribution in [-0.2, 0) is 24.4 Å². The number of benzene rings is 2. The van der Waals surface area contributed by atoms with Crippen molar-refractivity contribution in [3.63, 3.8) is 0 Å². The van der Waals surface area contributed by atoms with E-state index < -0.39 is 22.5 Å². The molecule has 9 nitrogen and oxygen atoms in total. The Hall–Kier alpha value is -3.24. The van der Waals surface area contributed by atoms with Gasteiger partial charge in [-0.1, -0.05) is 6.07 Å². The van der Waals surface area contributed by atoms with Crippen molar-refractivity contribution >= 4 is 44.8 Å². The molecule has 154 valence electrons. The number of anilines is 3. The summed E-state index contributed by atoms with van der Waals surface area (Å²) in [5.74, 6) is -1.05. The minimum Gasteiger partial charge on any atom is -0.326 e. The van der Waals surface area contributed by atoms with Crippen molar-refractivity contribution in [1.82, 2.24) is 4.31 Å². The van der Waals surface area contributed by atoms with E-state index >= 15 is 0 Å².